The van der Waals surface area contributed by atoms with Crippen molar-refractivity contribution in [2.75, 3.05) is 19.6 Å². The Morgan fingerprint density at radius 2 is 2.16 bits per heavy atom. The van der Waals surface area contributed by atoms with E-state index in [1.54, 1.807) is 4.90 Å². The Balaban J connectivity index is 1.72. The highest BCUT2D eigenvalue weighted by atomic mass is 16.2. The van der Waals surface area contributed by atoms with Gasteiger partial charge in [0.15, 0.2) is 0 Å². The Hall–Kier alpha value is -1.63. The van der Waals surface area contributed by atoms with Crippen molar-refractivity contribution in [3.8, 4) is 0 Å². The number of urea groups is 1. The van der Waals surface area contributed by atoms with Crippen molar-refractivity contribution >= 4 is 17.8 Å². The van der Waals surface area contributed by atoms with Gasteiger partial charge >= 0.3 is 6.03 Å². The zero-order chi connectivity index (χ0) is 13.5. The van der Waals surface area contributed by atoms with E-state index in [0.717, 1.165) is 25.8 Å². The molecule has 1 spiro atoms. The summed E-state index contributed by atoms with van der Waals surface area (Å²) in [5, 5.41) is 8.12. The van der Waals surface area contributed by atoms with Gasteiger partial charge in [0.25, 0.3) is 5.91 Å². The second kappa shape index (κ2) is 4.48. The lowest BCUT2D eigenvalue weighted by molar-refractivity contribution is -0.137. The fraction of sp³-hybridized carbons (Fsp3) is 0.750. The van der Waals surface area contributed by atoms with Crippen molar-refractivity contribution in [1.82, 2.24) is 20.9 Å². The van der Waals surface area contributed by atoms with Crippen molar-refractivity contribution in [3.63, 3.8) is 0 Å². The third kappa shape index (κ3) is 2.07. The minimum absolute atomic E-state index is 0.0468. The molecule has 0 aromatic rings. The lowest BCUT2D eigenvalue weighted by atomic mass is 9.89. The van der Waals surface area contributed by atoms with Gasteiger partial charge in [0.1, 0.15) is 5.54 Å². The number of rotatable bonds is 1. The van der Waals surface area contributed by atoms with E-state index in [0.29, 0.717) is 13.0 Å². The molecular weight excluding hydrogens is 248 g/mol. The van der Waals surface area contributed by atoms with Crippen LogP contribution in [0.5, 0.6) is 0 Å². The van der Waals surface area contributed by atoms with Crippen LogP contribution in [0.3, 0.4) is 0 Å². The summed E-state index contributed by atoms with van der Waals surface area (Å²) in [7, 11) is 0. The average Bonchev–Trinajstić information content (AvgIpc) is 2.99. The first kappa shape index (κ1) is 12.4. The van der Waals surface area contributed by atoms with Crippen LogP contribution in [0.4, 0.5) is 4.79 Å². The topological polar surface area (TPSA) is 90.5 Å². The monoisotopic (exact) mass is 266 g/mol. The molecule has 0 aromatic carbocycles. The van der Waals surface area contributed by atoms with Gasteiger partial charge in [-0.15, -0.1) is 0 Å². The molecule has 19 heavy (non-hydrogen) atoms. The molecule has 7 heteroatoms. The lowest BCUT2D eigenvalue weighted by Crippen LogP contribution is -2.61. The maximum atomic E-state index is 12.3. The molecule has 0 saturated carbocycles. The molecule has 0 bridgehead atoms. The average molecular weight is 266 g/mol. The van der Waals surface area contributed by atoms with E-state index in [-0.39, 0.29) is 24.4 Å². The SMILES string of the molecule is O=C1NC(=O)C2(CCCN(C(=O)C3CCCN3)C2)N1. The van der Waals surface area contributed by atoms with E-state index in [9.17, 15) is 14.4 Å². The summed E-state index contributed by atoms with van der Waals surface area (Å²) in [6.45, 7) is 1.80. The zero-order valence-electron chi connectivity index (χ0n) is 10.7. The van der Waals surface area contributed by atoms with Gasteiger partial charge in [-0.05, 0) is 32.2 Å². The van der Waals surface area contributed by atoms with Crippen LogP contribution >= 0.6 is 0 Å². The number of imide groups is 1. The number of carbonyl (C=O) groups is 3. The third-order valence-corrected chi connectivity index (χ3v) is 4.18. The summed E-state index contributed by atoms with van der Waals surface area (Å²) in [6, 6.07) is -0.589. The largest absolute Gasteiger partial charge is 0.338 e. The Bertz CT molecular complexity index is 433. The van der Waals surface area contributed by atoms with Gasteiger partial charge < -0.3 is 15.5 Å². The summed E-state index contributed by atoms with van der Waals surface area (Å²) in [5.41, 5.74) is -0.913. The number of amides is 4. The standard InChI is InChI=1S/C12H18N4O3/c17-9(8-3-1-5-13-8)16-6-2-4-12(7-16)10(18)14-11(19)15-12/h8,13H,1-7H2,(H2,14,15,18,19). The molecule has 0 aromatic heterocycles. The number of hydrogen-bond donors (Lipinski definition) is 3. The second-order valence-electron chi connectivity index (χ2n) is 5.50. The molecule has 104 valence electrons. The van der Waals surface area contributed by atoms with Crippen LogP contribution in [0.25, 0.3) is 0 Å². The second-order valence-corrected chi connectivity index (χ2v) is 5.50. The molecule has 3 aliphatic heterocycles. The van der Waals surface area contributed by atoms with E-state index < -0.39 is 11.6 Å². The van der Waals surface area contributed by atoms with E-state index in [1.165, 1.54) is 0 Å². The Morgan fingerprint density at radius 3 is 2.79 bits per heavy atom. The van der Waals surface area contributed by atoms with Crippen LogP contribution in [0, 0.1) is 0 Å². The van der Waals surface area contributed by atoms with Crippen molar-refractivity contribution in [3.05, 3.63) is 0 Å². The summed E-state index contributed by atoms with van der Waals surface area (Å²) >= 11 is 0. The summed E-state index contributed by atoms with van der Waals surface area (Å²) in [5.74, 6) is -0.264. The predicted octanol–water partition coefficient (Wildman–Crippen LogP) is -1.06. The number of likely N-dealkylation sites (tertiary alicyclic amines) is 1. The van der Waals surface area contributed by atoms with E-state index in [4.69, 9.17) is 0 Å². The highest BCUT2D eigenvalue weighted by Crippen LogP contribution is 2.25. The molecule has 3 fully saturated rings. The van der Waals surface area contributed by atoms with Crippen LogP contribution in [0.2, 0.25) is 0 Å². The molecule has 3 saturated heterocycles. The predicted molar refractivity (Wildman–Crippen MR) is 66.2 cm³/mol. The number of carbonyl (C=O) groups excluding carboxylic acids is 3. The Morgan fingerprint density at radius 1 is 1.32 bits per heavy atom. The van der Waals surface area contributed by atoms with Gasteiger partial charge in [-0.2, -0.15) is 0 Å². The number of piperidine rings is 1. The fourth-order valence-corrected chi connectivity index (χ4v) is 3.17. The maximum absolute atomic E-state index is 12.3. The molecule has 3 aliphatic rings. The first-order chi connectivity index (χ1) is 9.11. The third-order valence-electron chi connectivity index (χ3n) is 4.18. The number of hydrogen-bond acceptors (Lipinski definition) is 4. The van der Waals surface area contributed by atoms with Crippen LogP contribution in [0.1, 0.15) is 25.7 Å². The van der Waals surface area contributed by atoms with Crippen molar-refractivity contribution in [1.29, 1.82) is 0 Å². The Labute approximate surface area is 111 Å². The van der Waals surface area contributed by atoms with Crippen molar-refractivity contribution in [2.45, 2.75) is 37.3 Å². The number of nitrogens with one attached hydrogen (secondary N) is 3. The van der Waals surface area contributed by atoms with Crippen molar-refractivity contribution in [2.24, 2.45) is 0 Å². The maximum Gasteiger partial charge on any atom is 0.322 e. The smallest absolute Gasteiger partial charge is 0.322 e. The first-order valence-corrected chi connectivity index (χ1v) is 6.76. The summed E-state index contributed by atoms with van der Waals surface area (Å²) < 4.78 is 0. The van der Waals surface area contributed by atoms with Crippen LogP contribution in [0.15, 0.2) is 0 Å². The van der Waals surface area contributed by atoms with Gasteiger partial charge in [0.05, 0.1) is 12.6 Å². The van der Waals surface area contributed by atoms with Crippen LogP contribution in [-0.2, 0) is 9.59 Å². The molecule has 3 N–H and O–H groups in total. The van der Waals surface area contributed by atoms with E-state index in [1.807, 2.05) is 0 Å². The fourth-order valence-electron chi connectivity index (χ4n) is 3.17. The van der Waals surface area contributed by atoms with Crippen molar-refractivity contribution < 1.29 is 14.4 Å². The lowest BCUT2D eigenvalue weighted by Gasteiger charge is -2.39. The number of nitrogens with zero attached hydrogens (tertiary/aromatic N) is 1. The Kier molecular flexibility index (Phi) is 2.93. The first-order valence-electron chi connectivity index (χ1n) is 6.76. The van der Waals surface area contributed by atoms with Gasteiger partial charge in [-0.1, -0.05) is 0 Å². The molecular formula is C12H18N4O3. The summed E-state index contributed by atoms with van der Waals surface area (Å²) in [4.78, 5) is 37.3. The highest BCUT2D eigenvalue weighted by molar-refractivity contribution is 6.07. The van der Waals surface area contributed by atoms with E-state index >= 15 is 0 Å². The molecule has 4 amide bonds. The zero-order valence-corrected chi connectivity index (χ0v) is 10.7. The molecule has 0 aliphatic carbocycles. The quantitative estimate of drug-likeness (QED) is 0.528. The minimum atomic E-state index is -0.913. The molecule has 7 nitrogen and oxygen atoms in total. The van der Waals surface area contributed by atoms with Gasteiger partial charge in [-0.3, -0.25) is 14.9 Å². The highest BCUT2D eigenvalue weighted by Gasteiger charge is 2.50. The van der Waals surface area contributed by atoms with Crippen LogP contribution < -0.4 is 16.0 Å². The molecule has 3 heterocycles. The van der Waals surface area contributed by atoms with Gasteiger partial charge in [0.2, 0.25) is 5.91 Å². The molecule has 0 radical (unpaired) electrons. The molecule has 2 unspecified atom stereocenters. The van der Waals surface area contributed by atoms with E-state index in [2.05, 4.69) is 16.0 Å². The minimum Gasteiger partial charge on any atom is -0.338 e. The molecule has 3 rings (SSSR count). The molecule has 2 atom stereocenters. The normalized spacial score (nSPS) is 34.5. The summed E-state index contributed by atoms with van der Waals surface area (Å²) in [6.07, 6.45) is 3.17. The van der Waals surface area contributed by atoms with Gasteiger partial charge in [0, 0.05) is 6.54 Å². The van der Waals surface area contributed by atoms with Gasteiger partial charge in [-0.25, -0.2) is 4.79 Å². The van der Waals surface area contributed by atoms with Crippen LogP contribution in [-0.4, -0.2) is 54.0 Å².